The maximum absolute atomic E-state index is 12.5. The zero-order chi connectivity index (χ0) is 58.5. The number of ether oxygens (including phenoxy) is 1. The number of aliphatic hydroxyl groups excluding tert-OH is 2. The first-order valence-electron chi connectivity index (χ1n) is 37.4. The number of nitrogens with one attached hydrogen (secondary N) is 1. The van der Waals surface area contributed by atoms with Gasteiger partial charge >= 0.3 is 5.97 Å². The molecule has 0 spiro atoms. The summed E-state index contributed by atoms with van der Waals surface area (Å²) in [6.45, 7) is 5.00. The number of hydrogen-bond donors (Lipinski definition) is 3. The molecule has 0 rings (SSSR count). The largest absolute Gasteiger partial charge is 0.466 e. The Morgan fingerprint density at radius 2 is 0.580 bits per heavy atom. The van der Waals surface area contributed by atoms with Gasteiger partial charge in [0.15, 0.2) is 0 Å². The Bertz CT molecular complexity index is 1220. The van der Waals surface area contributed by atoms with Crippen LogP contribution in [0.15, 0.2) is 12.2 Å². The molecule has 0 aromatic rings. The van der Waals surface area contributed by atoms with Gasteiger partial charge in [-0.3, -0.25) is 9.59 Å². The second kappa shape index (κ2) is 71.1. The molecule has 0 saturated heterocycles. The van der Waals surface area contributed by atoms with Crippen LogP contribution in [0, 0.1) is 0 Å². The Hall–Kier alpha value is -1.40. The molecule has 3 N–H and O–H groups in total. The summed E-state index contributed by atoms with van der Waals surface area (Å²) in [4.78, 5) is 24.6. The molecule has 0 heterocycles. The van der Waals surface area contributed by atoms with Gasteiger partial charge in [0.05, 0.1) is 25.4 Å². The number of unbranched alkanes of at least 4 members (excludes halogenated alkanes) is 58. The van der Waals surface area contributed by atoms with Crippen molar-refractivity contribution in [1.82, 2.24) is 5.32 Å². The Morgan fingerprint density at radius 3 is 0.877 bits per heavy atom. The highest BCUT2D eigenvalue weighted by Crippen LogP contribution is 2.20. The lowest BCUT2D eigenvalue weighted by atomic mass is 10.0. The van der Waals surface area contributed by atoms with Crippen LogP contribution in [0.3, 0.4) is 0 Å². The van der Waals surface area contributed by atoms with Crippen LogP contribution in [0.2, 0.25) is 0 Å². The zero-order valence-electron chi connectivity index (χ0n) is 55.3. The average molecular weight is 1140 g/mol. The van der Waals surface area contributed by atoms with Crippen molar-refractivity contribution in [2.45, 2.75) is 443 Å². The van der Waals surface area contributed by atoms with Crippen LogP contribution in [0.4, 0.5) is 0 Å². The summed E-state index contributed by atoms with van der Waals surface area (Å²) in [5, 5.41) is 23.4. The highest BCUT2D eigenvalue weighted by atomic mass is 16.5. The maximum Gasteiger partial charge on any atom is 0.305 e. The quantitative estimate of drug-likeness (QED) is 0.0320. The smallest absolute Gasteiger partial charge is 0.305 e. The lowest BCUT2D eigenvalue weighted by Crippen LogP contribution is -2.45. The molecule has 482 valence electrons. The summed E-state index contributed by atoms with van der Waals surface area (Å²) in [6.07, 6.45) is 88.5. The number of hydrogen-bond acceptors (Lipinski definition) is 5. The highest BCUT2D eigenvalue weighted by Gasteiger charge is 2.20. The summed E-state index contributed by atoms with van der Waals surface area (Å²) in [5.41, 5.74) is 0. The monoisotopic (exact) mass is 1140 g/mol. The summed E-state index contributed by atoms with van der Waals surface area (Å²) in [5.74, 6) is -0.00934. The number of carbonyl (C=O) groups is 2. The first kappa shape index (κ1) is 79.6. The zero-order valence-corrected chi connectivity index (χ0v) is 55.3. The van der Waals surface area contributed by atoms with Gasteiger partial charge < -0.3 is 20.3 Å². The van der Waals surface area contributed by atoms with E-state index >= 15 is 0 Å². The molecule has 0 saturated carbocycles. The molecule has 6 heteroatoms. The predicted molar refractivity (Wildman–Crippen MR) is 357 cm³/mol. The third-order valence-corrected chi connectivity index (χ3v) is 17.8. The van der Waals surface area contributed by atoms with Crippen molar-refractivity contribution in [2.24, 2.45) is 0 Å². The molecule has 0 fully saturated rings. The van der Waals surface area contributed by atoms with Crippen molar-refractivity contribution >= 4 is 11.9 Å². The number of amides is 1. The Labute approximate surface area is 508 Å². The van der Waals surface area contributed by atoms with Crippen LogP contribution >= 0.6 is 0 Å². The van der Waals surface area contributed by atoms with E-state index in [0.29, 0.717) is 25.9 Å². The van der Waals surface area contributed by atoms with Crippen LogP contribution < -0.4 is 5.32 Å². The van der Waals surface area contributed by atoms with Gasteiger partial charge in [-0.05, 0) is 51.4 Å². The SMILES string of the molecule is CCCCCCCCC/C=C\CCCCCCCCCC(=O)OCCCCCCCCCCCCCCCCCCCCCCCCCCCCCCCC(=O)NC(CO)C(O)CCCCCCCCCCCCCCCCCCC. The van der Waals surface area contributed by atoms with Crippen LogP contribution in [0.5, 0.6) is 0 Å². The summed E-state index contributed by atoms with van der Waals surface area (Å²) in [7, 11) is 0. The minimum atomic E-state index is -0.661. The van der Waals surface area contributed by atoms with Crippen LogP contribution in [0.25, 0.3) is 0 Å². The first-order chi connectivity index (χ1) is 40.0. The van der Waals surface area contributed by atoms with E-state index in [1.54, 1.807) is 0 Å². The molecule has 2 unspecified atom stereocenters. The minimum Gasteiger partial charge on any atom is -0.466 e. The fourth-order valence-electron chi connectivity index (χ4n) is 12.1. The number of carbonyl (C=O) groups excluding carboxylic acids is 2. The van der Waals surface area contributed by atoms with E-state index in [2.05, 4.69) is 31.3 Å². The molecular weight excluding hydrogens is 995 g/mol. The minimum absolute atomic E-state index is 0.0178. The number of aliphatic hydroxyl groups is 2. The van der Waals surface area contributed by atoms with Crippen molar-refractivity contribution in [3.05, 3.63) is 12.2 Å². The molecule has 0 aliphatic heterocycles. The molecule has 0 aliphatic carbocycles. The third kappa shape index (κ3) is 67.6. The second-order valence-electron chi connectivity index (χ2n) is 26.0. The number of allylic oxidation sites excluding steroid dienone is 2. The molecule has 6 nitrogen and oxygen atoms in total. The highest BCUT2D eigenvalue weighted by molar-refractivity contribution is 5.76. The van der Waals surface area contributed by atoms with Crippen LogP contribution in [0.1, 0.15) is 431 Å². The van der Waals surface area contributed by atoms with Crippen molar-refractivity contribution < 1.29 is 24.5 Å². The molecule has 81 heavy (non-hydrogen) atoms. The van der Waals surface area contributed by atoms with Crippen LogP contribution in [-0.4, -0.2) is 47.4 Å². The van der Waals surface area contributed by atoms with E-state index in [4.69, 9.17) is 4.74 Å². The van der Waals surface area contributed by atoms with E-state index in [1.807, 2.05) is 0 Å². The Morgan fingerprint density at radius 1 is 0.333 bits per heavy atom. The van der Waals surface area contributed by atoms with Crippen LogP contribution in [-0.2, 0) is 14.3 Å². The summed E-state index contributed by atoms with van der Waals surface area (Å²) in [6, 6.07) is -0.538. The Kier molecular flexibility index (Phi) is 69.9. The van der Waals surface area contributed by atoms with E-state index in [0.717, 1.165) is 44.9 Å². The summed E-state index contributed by atoms with van der Waals surface area (Å²) < 4.78 is 5.51. The molecule has 0 radical (unpaired) electrons. The predicted octanol–water partition coefficient (Wildman–Crippen LogP) is 24.3. The fourth-order valence-corrected chi connectivity index (χ4v) is 12.1. The average Bonchev–Trinajstić information content (AvgIpc) is 3.47. The van der Waals surface area contributed by atoms with Gasteiger partial charge in [-0.1, -0.05) is 379 Å². The molecule has 1 amide bonds. The normalized spacial score (nSPS) is 12.5. The number of rotatable bonds is 71. The van der Waals surface area contributed by atoms with E-state index in [-0.39, 0.29) is 18.5 Å². The molecule has 2 atom stereocenters. The summed E-state index contributed by atoms with van der Waals surface area (Å²) >= 11 is 0. The van der Waals surface area contributed by atoms with Crippen molar-refractivity contribution in [3.63, 3.8) is 0 Å². The standard InChI is InChI=1S/C75H147NO5/c1-3-5-7-9-11-13-15-17-19-21-37-41-45-49-53-57-61-65-69-75(80)81-70-66-62-58-54-50-46-42-38-34-32-30-28-26-24-22-23-25-27-29-31-33-36-40-44-48-52-56-60-64-68-74(79)76-72(71-77)73(78)67-63-59-55-51-47-43-39-35-20-18-16-14-12-10-8-6-4-2/h19,21,72-73,77-78H,3-18,20,22-71H2,1-2H3,(H,76,79)/b21-19-. The van der Waals surface area contributed by atoms with Crippen molar-refractivity contribution in [1.29, 1.82) is 0 Å². The topological polar surface area (TPSA) is 95.9 Å². The number of esters is 1. The molecule has 0 aromatic heterocycles. The molecule has 0 aromatic carbocycles. The van der Waals surface area contributed by atoms with Gasteiger partial charge in [0.1, 0.15) is 0 Å². The lowest BCUT2D eigenvalue weighted by molar-refractivity contribution is -0.143. The third-order valence-electron chi connectivity index (χ3n) is 17.8. The van der Waals surface area contributed by atoms with E-state index in [9.17, 15) is 19.8 Å². The van der Waals surface area contributed by atoms with Gasteiger partial charge in [0, 0.05) is 12.8 Å². The Balaban J connectivity index is 3.32. The molecule has 0 aliphatic rings. The fraction of sp³-hybridized carbons (Fsp3) is 0.947. The first-order valence-corrected chi connectivity index (χ1v) is 37.4. The van der Waals surface area contributed by atoms with Gasteiger partial charge in [0.2, 0.25) is 5.91 Å². The van der Waals surface area contributed by atoms with Gasteiger partial charge in [-0.25, -0.2) is 0 Å². The second-order valence-corrected chi connectivity index (χ2v) is 26.0. The van der Waals surface area contributed by atoms with Gasteiger partial charge in [0.25, 0.3) is 0 Å². The van der Waals surface area contributed by atoms with Crippen molar-refractivity contribution in [2.75, 3.05) is 13.2 Å². The van der Waals surface area contributed by atoms with Crippen molar-refractivity contribution in [3.8, 4) is 0 Å². The molecular formula is C75H147NO5. The van der Waals surface area contributed by atoms with Gasteiger partial charge in [-0.15, -0.1) is 0 Å². The van der Waals surface area contributed by atoms with Gasteiger partial charge in [-0.2, -0.15) is 0 Å². The molecule has 0 bridgehead atoms. The maximum atomic E-state index is 12.5. The lowest BCUT2D eigenvalue weighted by Gasteiger charge is -2.22. The van der Waals surface area contributed by atoms with E-state index < -0.39 is 12.1 Å². The van der Waals surface area contributed by atoms with E-state index in [1.165, 1.54) is 353 Å².